The van der Waals surface area contributed by atoms with E-state index in [4.69, 9.17) is 15.7 Å². The summed E-state index contributed by atoms with van der Waals surface area (Å²) in [6, 6.07) is 7.39. The van der Waals surface area contributed by atoms with E-state index >= 15 is 0 Å². The summed E-state index contributed by atoms with van der Waals surface area (Å²) in [5, 5.41) is 9.14. The highest BCUT2D eigenvalue weighted by Gasteiger charge is 2.23. The molecule has 1 aromatic heterocycles. The number of anilines is 1. The van der Waals surface area contributed by atoms with Gasteiger partial charge in [0, 0.05) is 23.9 Å². The molecule has 1 aliphatic rings. The van der Waals surface area contributed by atoms with E-state index < -0.39 is 5.97 Å². The number of methoxy groups -OCH3 is 1. The van der Waals surface area contributed by atoms with Gasteiger partial charge in [-0.1, -0.05) is 6.07 Å². The first-order valence-electron chi connectivity index (χ1n) is 7.22. The van der Waals surface area contributed by atoms with Crippen LogP contribution in [0.5, 0.6) is 0 Å². The van der Waals surface area contributed by atoms with Crippen molar-refractivity contribution >= 4 is 17.4 Å². The molecule has 0 radical (unpaired) electrons. The van der Waals surface area contributed by atoms with Gasteiger partial charge in [-0.2, -0.15) is 5.26 Å². The van der Waals surface area contributed by atoms with Crippen molar-refractivity contribution in [2.24, 2.45) is 0 Å². The van der Waals surface area contributed by atoms with Crippen molar-refractivity contribution < 1.29 is 14.3 Å². The summed E-state index contributed by atoms with van der Waals surface area (Å²) >= 11 is 0. The van der Waals surface area contributed by atoms with Crippen LogP contribution >= 0.6 is 0 Å². The molecule has 116 valence electrons. The third-order valence-corrected chi connectivity index (χ3v) is 4.07. The molecule has 1 heterocycles. The maximum Gasteiger partial charge on any atom is 0.357 e. The first-order valence-corrected chi connectivity index (χ1v) is 7.22. The highest BCUT2D eigenvalue weighted by atomic mass is 16.5. The van der Waals surface area contributed by atoms with E-state index in [1.165, 1.54) is 17.9 Å². The third kappa shape index (κ3) is 2.36. The molecule has 2 N–H and O–H groups in total. The van der Waals surface area contributed by atoms with Gasteiger partial charge in [0.25, 0.3) is 0 Å². The average molecular weight is 309 g/mol. The van der Waals surface area contributed by atoms with Crippen molar-refractivity contribution in [2.45, 2.75) is 19.3 Å². The van der Waals surface area contributed by atoms with Crippen molar-refractivity contribution in [3.63, 3.8) is 0 Å². The first kappa shape index (κ1) is 14.9. The topological polar surface area (TPSA) is 98.1 Å². The summed E-state index contributed by atoms with van der Waals surface area (Å²) in [7, 11) is 1.25. The SMILES string of the molecule is COC(=O)c1c(N)c(C#N)cn1-c1ccc2c(c1)C(=O)CCC2. The molecule has 0 aliphatic heterocycles. The Balaban J connectivity index is 2.20. The maximum atomic E-state index is 12.1. The van der Waals surface area contributed by atoms with Gasteiger partial charge in [0.05, 0.1) is 18.4 Å². The zero-order chi connectivity index (χ0) is 16.6. The van der Waals surface area contributed by atoms with Crippen LogP contribution in [0.2, 0.25) is 0 Å². The van der Waals surface area contributed by atoms with Crippen molar-refractivity contribution in [3.05, 3.63) is 46.8 Å². The number of nitriles is 1. The van der Waals surface area contributed by atoms with E-state index in [-0.39, 0.29) is 22.7 Å². The fraction of sp³-hybridized carbons (Fsp3) is 0.235. The van der Waals surface area contributed by atoms with E-state index in [0.29, 0.717) is 17.7 Å². The lowest BCUT2D eigenvalue weighted by Crippen LogP contribution is -2.14. The monoisotopic (exact) mass is 309 g/mol. The van der Waals surface area contributed by atoms with Crippen LogP contribution in [0.4, 0.5) is 5.69 Å². The highest BCUT2D eigenvalue weighted by molar-refractivity contribution is 5.99. The second kappa shape index (κ2) is 5.61. The Labute approximate surface area is 133 Å². The Hall–Kier alpha value is -3.07. The Morgan fingerprint density at radius 2 is 2.17 bits per heavy atom. The lowest BCUT2D eigenvalue weighted by atomic mass is 9.90. The van der Waals surface area contributed by atoms with Crippen LogP contribution in [-0.2, 0) is 11.2 Å². The minimum atomic E-state index is -0.631. The minimum Gasteiger partial charge on any atom is -0.464 e. The second-order valence-corrected chi connectivity index (χ2v) is 5.40. The molecule has 0 saturated carbocycles. The van der Waals surface area contributed by atoms with E-state index in [1.807, 2.05) is 18.2 Å². The van der Waals surface area contributed by atoms with E-state index in [9.17, 15) is 9.59 Å². The zero-order valence-electron chi connectivity index (χ0n) is 12.6. The number of aryl methyl sites for hydroxylation is 1. The van der Waals surface area contributed by atoms with Gasteiger partial charge in [-0.3, -0.25) is 4.79 Å². The lowest BCUT2D eigenvalue weighted by Gasteiger charge is -2.16. The number of benzene rings is 1. The summed E-state index contributed by atoms with van der Waals surface area (Å²) in [5.41, 5.74) is 8.51. The fourth-order valence-corrected chi connectivity index (χ4v) is 2.88. The number of ether oxygens (including phenoxy) is 1. The Bertz CT molecular complexity index is 859. The molecule has 0 fully saturated rings. The predicted octanol–water partition coefficient (Wildman–Crippen LogP) is 2.24. The van der Waals surface area contributed by atoms with Gasteiger partial charge in [0.15, 0.2) is 11.5 Å². The lowest BCUT2D eigenvalue weighted by molar-refractivity contribution is 0.0593. The van der Waals surface area contributed by atoms with Crippen LogP contribution in [0.15, 0.2) is 24.4 Å². The summed E-state index contributed by atoms with van der Waals surface area (Å²) in [5.74, 6) is -0.540. The number of nitrogens with zero attached hydrogens (tertiary/aromatic N) is 2. The molecule has 0 saturated heterocycles. The van der Waals surface area contributed by atoms with Gasteiger partial charge in [0.1, 0.15) is 6.07 Å². The molecule has 1 aliphatic carbocycles. The number of hydrogen-bond acceptors (Lipinski definition) is 5. The molecule has 6 heteroatoms. The molecular weight excluding hydrogens is 294 g/mol. The number of nitrogens with two attached hydrogens (primary N) is 1. The highest BCUT2D eigenvalue weighted by Crippen LogP contribution is 2.28. The number of esters is 1. The number of ketones is 1. The summed E-state index contributed by atoms with van der Waals surface area (Å²) in [6.07, 6.45) is 3.73. The summed E-state index contributed by atoms with van der Waals surface area (Å²) in [6.45, 7) is 0. The maximum absolute atomic E-state index is 12.1. The van der Waals surface area contributed by atoms with Gasteiger partial charge >= 0.3 is 5.97 Å². The van der Waals surface area contributed by atoms with E-state index in [0.717, 1.165) is 18.4 Å². The average Bonchev–Trinajstić information content (AvgIpc) is 2.91. The Kier molecular flexibility index (Phi) is 3.62. The van der Waals surface area contributed by atoms with Crippen LogP contribution < -0.4 is 5.73 Å². The zero-order valence-corrected chi connectivity index (χ0v) is 12.6. The van der Waals surface area contributed by atoms with Crippen molar-refractivity contribution in [3.8, 4) is 11.8 Å². The van der Waals surface area contributed by atoms with Crippen LogP contribution in [0.25, 0.3) is 5.69 Å². The smallest absolute Gasteiger partial charge is 0.357 e. The Morgan fingerprint density at radius 3 is 2.87 bits per heavy atom. The molecule has 0 amide bonds. The molecular formula is C17H15N3O3. The van der Waals surface area contributed by atoms with Gasteiger partial charge in [-0.15, -0.1) is 0 Å². The Morgan fingerprint density at radius 1 is 1.39 bits per heavy atom. The minimum absolute atomic E-state index is 0.0726. The molecule has 0 atom stereocenters. The number of carbonyl (C=O) groups is 2. The number of fused-ring (bicyclic) bond motifs is 1. The number of Topliss-reactive ketones (excluding diaryl/α,β-unsaturated/α-hetero) is 1. The number of nitrogen functional groups attached to an aromatic ring is 1. The largest absolute Gasteiger partial charge is 0.464 e. The quantitative estimate of drug-likeness (QED) is 0.858. The van der Waals surface area contributed by atoms with E-state index in [1.54, 1.807) is 6.07 Å². The normalized spacial score (nSPS) is 13.3. The van der Waals surface area contributed by atoms with Gasteiger partial charge in [-0.25, -0.2) is 4.79 Å². The van der Waals surface area contributed by atoms with Gasteiger partial charge < -0.3 is 15.0 Å². The predicted molar refractivity (Wildman–Crippen MR) is 83.5 cm³/mol. The second-order valence-electron chi connectivity index (χ2n) is 5.40. The molecule has 3 rings (SSSR count). The number of hydrogen-bond donors (Lipinski definition) is 1. The van der Waals surface area contributed by atoms with Crippen molar-refractivity contribution in [1.29, 1.82) is 5.26 Å². The van der Waals surface area contributed by atoms with Gasteiger partial charge in [0.2, 0.25) is 0 Å². The van der Waals surface area contributed by atoms with Crippen LogP contribution in [0.3, 0.4) is 0 Å². The van der Waals surface area contributed by atoms with Crippen molar-refractivity contribution in [2.75, 3.05) is 12.8 Å². The van der Waals surface area contributed by atoms with E-state index in [2.05, 4.69) is 0 Å². The van der Waals surface area contributed by atoms with Crippen LogP contribution in [0.1, 0.15) is 44.8 Å². The summed E-state index contributed by atoms with van der Waals surface area (Å²) in [4.78, 5) is 24.1. The van der Waals surface area contributed by atoms with Crippen LogP contribution in [-0.4, -0.2) is 23.4 Å². The molecule has 0 unspecified atom stereocenters. The fourth-order valence-electron chi connectivity index (χ4n) is 2.88. The molecule has 23 heavy (non-hydrogen) atoms. The number of aromatic nitrogens is 1. The van der Waals surface area contributed by atoms with Crippen molar-refractivity contribution in [1.82, 2.24) is 4.57 Å². The molecule has 0 bridgehead atoms. The number of rotatable bonds is 2. The summed E-state index contributed by atoms with van der Waals surface area (Å²) < 4.78 is 6.26. The molecule has 2 aromatic rings. The van der Waals surface area contributed by atoms with Crippen LogP contribution in [0, 0.1) is 11.3 Å². The third-order valence-electron chi connectivity index (χ3n) is 4.07. The first-order chi connectivity index (χ1) is 11.1. The molecule has 0 spiro atoms. The molecule has 6 nitrogen and oxygen atoms in total. The standard InChI is InChI=1S/C17H15N3O3/c1-23-17(22)16-15(19)11(8-18)9-20(16)12-6-5-10-3-2-4-14(21)13(10)7-12/h5-7,9H,2-4,19H2,1H3. The molecule has 1 aromatic carbocycles. The number of carbonyl (C=O) groups excluding carboxylic acids is 2. The van der Waals surface area contributed by atoms with Gasteiger partial charge in [-0.05, 0) is 30.5 Å².